The Morgan fingerprint density at radius 3 is 2.65 bits per heavy atom. The van der Waals surface area contributed by atoms with Gasteiger partial charge in [-0.15, -0.1) is 0 Å². The van der Waals surface area contributed by atoms with Gasteiger partial charge in [0.05, 0.1) is 6.33 Å². The molecule has 8 heteroatoms. The fraction of sp³-hybridized carbons (Fsp3) is 0.444. The van der Waals surface area contributed by atoms with Crippen molar-refractivity contribution in [3.63, 3.8) is 0 Å². The van der Waals surface area contributed by atoms with E-state index in [2.05, 4.69) is 41.0 Å². The summed E-state index contributed by atoms with van der Waals surface area (Å²) in [6.45, 7) is 6.22. The molecular weight excluding hydrogens is 217 g/mol. The topological polar surface area (TPSA) is 108 Å². The number of nitrogens with zero attached hydrogens (tertiary/aromatic N) is 4. The second-order valence-electron chi connectivity index (χ2n) is 4.77. The van der Waals surface area contributed by atoms with E-state index in [-0.39, 0.29) is 13.1 Å². The molecule has 0 fully saturated rings. The highest BCUT2D eigenvalue weighted by Gasteiger charge is 2.19. The normalized spacial score (nSPS) is 11.8. The third kappa shape index (κ3) is 2.03. The number of fused-ring (bicyclic) bond motifs is 1. The van der Waals surface area contributed by atoms with Gasteiger partial charge >= 0.3 is 7.55 Å². The van der Waals surface area contributed by atoms with Crippen LogP contribution in [0, 0.1) is 0 Å². The summed E-state index contributed by atoms with van der Waals surface area (Å²) < 4.78 is 1.96. The second kappa shape index (κ2) is 3.88. The summed E-state index contributed by atoms with van der Waals surface area (Å²) in [4.78, 5) is 12.7. The van der Waals surface area contributed by atoms with E-state index >= 15 is 0 Å². The van der Waals surface area contributed by atoms with Gasteiger partial charge in [0.2, 0.25) is 5.95 Å². The second-order valence-corrected chi connectivity index (χ2v) is 4.77. The first-order valence-electron chi connectivity index (χ1n) is 5.38. The summed E-state index contributed by atoms with van der Waals surface area (Å²) in [6, 6.07) is 0. The van der Waals surface area contributed by atoms with Crippen molar-refractivity contribution in [2.75, 3.05) is 11.0 Å². The molecule has 7 nitrogen and oxygen atoms in total. The number of nitrogens with one attached hydrogen (secondary N) is 1. The van der Waals surface area contributed by atoms with E-state index in [4.69, 9.17) is 11.4 Å². The molecule has 0 aliphatic carbocycles. The SMILES string of the molecule is CC(C)(C)n1cnc2c(N)nc(NBN)nc21. The highest BCUT2D eigenvalue weighted by molar-refractivity contribution is 6.35. The van der Waals surface area contributed by atoms with E-state index in [1.807, 2.05) is 4.57 Å². The van der Waals surface area contributed by atoms with Gasteiger partial charge in [0.15, 0.2) is 11.5 Å². The van der Waals surface area contributed by atoms with Gasteiger partial charge in [-0.1, -0.05) is 0 Å². The zero-order valence-electron chi connectivity index (χ0n) is 10.2. The van der Waals surface area contributed by atoms with Crippen LogP contribution in [0.15, 0.2) is 6.33 Å². The first kappa shape index (κ1) is 11.7. The smallest absolute Gasteiger partial charge is 0.318 e. The summed E-state index contributed by atoms with van der Waals surface area (Å²) in [5.74, 6) is 0.775. The van der Waals surface area contributed by atoms with Gasteiger partial charge < -0.3 is 21.2 Å². The first-order chi connectivity index (χ1) is 7.93. The van der Waals surface area contributed by atoms with Crippen molar-refractivity contribution < 1.29 is 0 Å². The quantitative estimate of drug-likeness (QED) is 0.620. The monoisotopic (exact) mass is 233 g/mol. The van der Waals surface area contributed by atoms with Crippen LogP contribution in [-0.4, -0.2) is 27.1 Å². The third-order valence-electron chi connectivity index (χ3n) is 2.41. The minimum atomic E-state index is -0.116. The predicted molar refractivity (Wildman–Crippen MR) is 69.7 cm³/mol. The lowest BCUT2D eigenvalue weighted by Crippen LogP contribution is -2.22. The molecule has 0 saturated carbocycles. The molecule has 0 unspecified atom stereocenters. The summed E-state index contributed by atoms with van der Waals surface area (Å²) in [5.41, 5.74) is 12.4. The minimum absolute atomic E-state index is 0.116. The van der Waals surface area contributed by atoms with Gasteiger partial charge in [0, 0.05) is 5.54 Å². The molecule has 2 aromatic heterocycles. The maximum atomic E-state index is 5.84. The van der Waals surface area contributed by atoms with Crippen LogP contribution in [0.4, 0.5) is 11.8 Å². The van der Waals surface area contributed by atoms with Crippen LogP contribution in [0.25, 0.3) is 11.2 Å². The molecule has 5 N–H and O–H groups in total. The first-order valence-corrected chi connectivity index (χ1v) is 5.38. The summed E-state index contributed by atoms with van der Waals surface area (Å²) in [6.07, 6.45) is 1.72. The molecule has 0 bridgehead atoms. The number of nitrogens with two attached hydrogens (primary N) is 2. The Morgan fingerprint density at radius 1 is 1.35 bits per heavy atom. The lowest BCUT2D eigenvalue weighted by Gasteiger charge is -2.21. The highest BCUT2D eigenvalue weighted by atomic mass is 15.2. The maximum absolute atomic E-state index is 5.84. The minimum Gasteiger partial charge on any atom is -0.386 e. The average Bonchev–Trinajstić information content (AvgIpc) is 2.61. The Morgan fingerprint density at radius 2 is 2.06 bits per heavy atom. The summed E-state index contributed by atoms with van der Waals surface area (Å²) in [5, 5.41) is 2.84. The van der Waals surface area contributed by atoms with Crippen LogP contribution in [0.3, 0.4) is 0 Å². The molecule has 0 aliphatic heterocycles. The van der Waals surface area contributed by atoms with E-state index in [0.717, 1.165) is 0 Å². The molecule has 2 rings (SSSR count). The molecule has 90 valence electrons. The van der Waals surface area contributed by atoms with E-state index in [1.54, 1.807) is 6.33 Å². The molecule has 0 aliphatic rings. The van der Waals surface area contributed by atoms with Gasteiger partial charge in [0.1, 0.15) is 5.52 Å². The van der Waals surface area contributed by atoms with Crippen molar-refractivity contribution >= 4 is 30.5 Å². The largest absolute Gasteiger partial charge is 0.386 e. The molecule has 0 spiro atoms. The Balaban J connectivity index is 2.66. The number of hydrogen-bond acceptors (Lipinski definition) is 6. The number of imidazole rings is 1. The molecule has 0 aromatic carbocycles. The van der Waals surface area contributed by atoms with Crippen LogP contribution in [-0.2, 0) is 5.54 Å². The van der Waals surface area contributed by atoms with Gasteiger partial charge in [-0.3, -0.25) is 0 Å². The number of rotatable bonds is 2. The Labute approximate surface area is 99.9 Å². The fourth-order valence-electron chi connectivity index (χ4n) is 1.58. The average molecular weight is 233 g/mol. The Kier molecular flexibility index (Phi) is 2.66. The standard InChI is InChI=1S/C9H16BN7/c1-9(2,3)17-4-13-5-6(11)14-8(16-10-12)15-7(5)17/h4,10H,12H2,1-3H3,(H3,11,14,15,16). The molecular formula is C9H16BN7. The molecule has 17 heavy (non-hydrogen) atoms. The summed E-state index contributed by atoms with van der Waals surface area (Å²) >= 11 is 0. The molecule has 2 heterocycles. The van der Waals surface area contributed by atoms with Gasteiger partial charge in [-0.25, -0.2) is 4.98 Å². The van der Waals surface area contributed by atoms with E-state index in [9.17, 15) is 0 Å². The van der Waals surface area contributed by atoms with Crippen LogP contribution < -0.4 is 16.6 Å². The van der Waals surface area contributed by atoms with E-state index < -0.39 is 0 Å². The van der Waals surface area contributed by atoms with Crippen LogP contribution in [0.5, 0.6) is 0 Å². The van der Waals surface area contributed by atoms with E-state index in [0.29, 0.717) is 22.9 Å². The lowest BCUT2D eigenvalue weighted by molar-refractivity contribution is 0.406. The summed E-state index contributed by atoms with van der Waals surface area (Å²) in [7, 11) is 0.259. The van der Waals surface area contributed by atoms with Crippen LogP contribution >= 0.6 is 0 Å². The molecule has 0 radical (unpaired) electrons. The fourth-order valence-corrected chi connectivity index (χ4v) is 1.58. The lowest BCUT2D eigenvalue weighted by atomic mass is 10.1. The van der Waals surface area contributed by atoms with Crippen molar-refractivity contribution in [3.8, 4) is 0 Å². The van der Waals surface area contributed by atoms with Crippen molar-refractivity contribution in [1.82, 2.24) is 19.5 Å². The van der Waals surface area contributed by atoms with Crippen LogP contribution in [0.2, 0.25) is 0 Å². The number of hydrogen-bond donors (Lipinski definition) is 3. The maximum Gasteiger partial charge on any atom is 0.318 e. The molecule has 0 atom stereocenters. The van der Waals surface area contributed by atoms with Crippen molar-refractivity contribution in [2.24, 2.45) is 5.64 Å². The van der Waals surface area contributed by atoms with Crippen LogP contribution in [0.1, 0.15) is 20.8 Å². The molecule has 0 amide bonds. The molecule has 2 aromatic rings. The van der Waals surface area contributed by atoms with Gasteiger partial charge in [-0.2, -0.15) is 9.97 Å². The zero-order chi connectivity index (χ0) is 12.6. The number of anilines is 2. The molecule has 0 saturated heterocycles. The third-order valence-corrected chi connectivity index (χ3v) is 2.41. The van der Waals surface area contributed by atoms with E-state index in [1.165, 1.54) is 0 Å². The van der Waals surface area contributed by atoms with Crippen molar-refractivity contribution in [2.45, 2.75) is 26.3 Å². The van der Waals surface area contributed by atoms with Crippen molar-refractivity contribution in [3.05, 3.63) is 6.33 Å². The predicted octanol–water partition coefficient (Wildman–Crippen LogP) is -0.199. The van der Waals surface area contributed by atoms with Gasteiger partial charge in [-0.05, 0) is 20.8 Å². The highest BCUT2D eigenvalue weighted by Crippen LogP contribution is 2.23. The Hall–Kier alpha value is -1.83. The van der Waals surface area contributed by atoms with Crippen molar-refractivity contribution in [1.29, 1.82) is 0 Å². The number of nitrogen functional groups attached to an aromatic ring is 1. The Bertz CT molecular complexity index is 542. The number of aromatic nitrogens is 4. The van der Waals surface area contributed by atoms with Gasteiger partial charge in [0.25, 0.3) is 0 Å². The zero-order valence-corrected chi connectivity index (χ0v) is 10.2.